The Labute approximate surface area is 98.7 Å². The van der Waals surface area contributed by atoms with E-state index in [-0.39, 0.29) is 5.41 Å². The summed E-state index contributed by atoms with van der Waals surface area (Å²) in [7, 11) is 0. The van der Waals surface area contributed by atoms with Crippen LogP contribution in [0.5, 0.6) is 0 Å². The number of hydrogen-bond donors (Lipinski definition) is 1. The Morgan fingerprint density at radius 3 is 2.41 bits per heavy atom. The molecule has 0 aromatic rings. The van der Waals surface area contributed by atoms with Crippen LogP contribution in [0.25, 0.3) is 0 Å². The van der Waals surface area contributed by atoms with E-state index in [1.54, 1.807) is 0 Å². The number of alkyl halides is 3. The predicted octanol–water partition coefficient (Wildman–Crippen LogP) is 3.25. The van der Waals surface area contributed by atoms with E-state index in [1.807, 2.05) is 6.92 Å². The van der Waals surface area contributed by atoms with E-state index in [0.717, 1.165) is 32.1 Å². The molecule has 3 nitrogen and oxygen atoms in total. The van der Waals surface area contributed by atoms with Crippen LogP contribution in [0.4, 0.5) is 18.0 Å². The molecule has 0 aromatic heterocycles. The van der Waals surface area contributed by atoms with Gasteiger partial charge in [0.25, 0.3) is 0 Å². The number of ether oxygens (including phenoxy) is 1. The van der Waals surface area contributed by atoms with Gasteiger partial charge in [0.05, 0.1) is 0 Å². The van der Waals surface area contributed by atoms with Crippen LogP contribution in [-0.4, -0.2) is 25.4 Å². The van der Waals surface area contributed by atoms with E-state index in [1.165, 1.54) is 0 Å². The van der Waals surface area contributed by atoms with Gasteiger partial charge in [0.2, 0.25) is 0 Å². The average molecular weight is 253 g/mol. The summed E-state index contributed by atoms with van der Waals surface area (Å²) in [5.41, 5.74) is 0.0528. The number of nitrogens with one attached hydrogen (secondary N) is 1. The molecular formula is C11H18F3NO2. The maximum Gasteiger partial charge on any atom is 0.422 e. The van der Waals surface area contributed by atoms with Gasteiger partial charge in [-0.1, -0.05) is 19.8 Å². The molecule has 0 radical (unpaired) electrons. The Morgan fingerprint density at radius 2 is 1.94 bits per heavy atom. The molecule has 0 atom stereocenters. The summed E-state index contributed by atoms with van der Waals surface area (Å²) in [4.78, 5) is 11.1. The van der Waals surface area contributed by atoms with Crippen LogP contribution in [0.15, 0.2) is 0 Å². The van der Waals surface area contributed by atoms with Crippen molar-refractivity contribution in [1.29, 1.82) is 0 Å². The molecule has 0 bridgehead atoms. The van der Waals surface area contributed by atoms with E-state index in [4.69, 9.17) is 0 Å². The zero-order valence-electron chi connectivity index (χ0n) is 9.90. The molecule has 1 fully saturated rings. The van der Waals surface area contributed by atoms with Gasteiger partial charge >= 0.3 is 12.3 Å². The third-order valence-corrected chi connectivity index (χ3v) is 3.39. The van der Waals surface area contributed by atoms with Gasteiger partial charge in [-0.2, -0.15) is 13.2 Å². The van der Waals surface area contributed by atoms with Crippen molar-refractivity contribution in [2.24, 2.45) is 5.41 Å². The number of halogens is 3. The fraction of sp³-hybridized carbons (Fsp3) is 0.909. The Hall–Kier alpha value is -0.940. The van der Waals surface area contributed by atoms with Crippen molar-refractivity contribution >= 4 is 6.09 Å². The highest BCUT2D eigenvalue weighted by atomic mass is 19.4. The highest BCUT2D eigenvalue weighted by Crippen LogP contribution is 2.40. The first-order valence-electron chi connectivity index (χ1n) is 5.84. The molecule has 17 heavy (non-hydrogen) atoms. The maximum atomic E-state index is 11.8. The molecule has 0 unspecified atom stereocenters. The molecule has 1 N–H and O–H groups in total. The summed E-state index contributed by atoms with van der Waals surface area (Å²) in [6.07, 6.45) is -0.256. The van der Waals surface area contributed by atoms with Gasteiger partial charge in [0.15, 0.2) is 6.61 Å². The molecule has 1 rings (SSSR count). The van der Waals surface area contributed by atoms with Crippen LogP contribution >= 0.6 is 0 Å². The van der Waals surface area contributed by atoms with Crippen molar-refractivity contribution in [3.05, 3.63) is 0 Å². The summed E-state index contributed by atoms with van der Waals surface area (Å²) >= 11 is 0. The fourth-order valence-corrected chi connectivity index (χ4v) is 2.24. The van der Waals surface area contributed by atoms with Crippen LogP contribution in [0.2, 0.25) is 0 Å². The quantitative estimate of drug-likeness (QED) is 0.835. The standard InChI is InChI=1S/C11H18F3NO2/c1-2-10(5-3-4-6-10)7-15-9(16)17-8-11(12,13)14/h2-8H2,1H3,(H,15,16). The third kappa shape index (κ3) is 4.83. The zero-order valence-corrected chi connectivity index (χ0v) is 9.90. The molecule has 0 heterocycles. The van der Waals surface area contributed by atoms with E-state index >= 15 is 0 Å². The molecule has 6 heteroatoms. The van der Waals surface area contributed by atoms with Crippen LogP contribution in [-0.2, 0) is 4.74 Å². The van der Waals surface area contributed by atoms with Crippen LogP contribution in [0.1, 0.15) is 39.0 Å². The molecule has 100 valence electrons. The molecule has 0 saturated heterocycles. The molecule has 0 aromatic carbocycles. The van der Waals surface area contributed by atoms with Crippen LogP contribution < -0.4 is 5.32 Å². The van der Waals surface area contributed by atoms with Gasteiger partial charge in [-0.15, -0.1) is 0 Å². The summed E-state index contributed by atoms with van der Waals surface area (Å²) in [6.45, 7) is 0.909. The monoisotopic (exact) mass is 253 g/mol. The van der Waals surface area contributed by atoms with Crippen molar-refractivity contribution < 1.29 is 22.7 Å². The lowest BCUT2D eigenvalue weighted by atomic mass is 9.83. The van der Waals surface area contributed by atoms with Crippen molar-refractivity contribution in [3.8, 4) is 0 Å². The van der Waals surface area contributed by atoms with Crippen LogP contribution in [0, 0.1) is 5.41 Å². The largest absolute Gasteiger partial charge is 0.440 e. The van der Waals surface area contributed by atoms with Gasteiger partial charge in [0.1, 0.15) is 0 Å². The highest BCUT2D eigenvalue weighted by Gasteiger charge is 2.33. The van der Waals surface area contributed by atoms with Crippen LogP contribution in [0.3, 0.4) is 0 Å². The number of amides is 1. The van der Waals surface area contributed by atoms with Crippen molar-refractivity contribution in [1.82, 2.24) is 5.32 Å². The number of carbonyl (C=O) groups excluding carboxylic acids is 1. The van der Waals surface area contributed by atoms with Gasteiger partial charge in [0, 0.05) is 6.54 Å². The van der Waals surface area contributed by atoms with Gasteiger partial charge in [-0.25, -0.2) is 4.79 Å². The lowest BCUT2D eigenvalue weighted by molar-refractivity contribution is -0.160. The summed E-state index contributed by atoms with van der Waals surface area (Å²) < 4.78 is 39.5. The predicted molar refractivity (Wildman–Crippen MR) is 56.6 cm³/mol. The second-order valence-corrected chi connectivity index (χ2v) is 4.61. The van der Waals surface area contributed by atoms with E-state index in [2.05, 4.69) is 10.1 Å². The molecule has 1 aliphatic carbocycles. The zero-order chi connectivity index (χ0) is 12.9. The molecule has 0 aliphatic heterocycles. The van der Waals surface area contributed by atoms with Crippen molar-refractivity contribution in [2.75, 3.05) is 13.2 Å². The minimum atomic E-state index is -4.47. The van der Waals surface area contributed by atoms with Crippen molar-refractivity contribution in [2.45, 2.75) is 45.2 Å². The molecule has 0 spiro atoms. The Balaban J connectivity index is 2.27. The minimum Gasteiger partial charge on any atom is -0.440 e. The first-order valence-corrected chi connectivity index (χ1v) is 5.84. The minimum absolute atomic E-state index is 0.0528. The van der Waals surface area contributed by atoms with E-state index in [9.17, 15) is 18.0 Å². The number of rotatable bonds is 4. The Kier molecular flexibility index (Phi) is 4.65. The van der Waals surface area contributed by atoms with E-state index < -0.39 is 18.9 Å². The van der Waals surface area contributed by atoms with Gasteiger partial charge < -0.3 is 10.1 Å². The second kappa shape index (κ2) is 5.60. The van der Waals surface area contributed by atoms with Gasteiger partial charge in [-0.05, 0) is 24.7 Å². The maximum absolute atomic E-state index is 11.8. The highest BCUT2D eigenvalue weighted by molar-refractivity contribution is 5.67. The number of carbonyl (C=O) groups is 1. The first-order chi connectivity index (χ1) is 7.87. The van der Waals surface area contributed by atoms with E-state index in [0.29, 0.717) is 6.54 Å². The summed E-state index contributed by atoms with van der Waals surface area (Å²) in [6, 6.07) is 0. The molecular weight excluding hydrogens is 235 g/mol. The molecule has 1 amide bonds. The normalized spacial score (nSPS) is 19.1. The smallest absolute Gasteiger partial charge is 0.422 e. The number of hydrogen-bond acceptors (Lipinski definition) is 2. The lowest BCUT2D eigenvalue weighted by Crippen LogP contribution is -2.37. The fourth-order valence-electron chi connectivity index (χ4n) is 2.24. The SMILES string of the molecule is CCC1(CNC(=O)OCC(F)(F)F)CCCC1. The average Bonchev–Trinajstić information content (AvgIpc) is 2.72. The third-order valence-electron chi connectivity index (χ3n) is 3.39. The topological polar surface area (TPSA) is 38.3 Å². The molecule has 1 saturated carbocycles. The Bertz CT molecular complexity index is 260. The van der Waals surface area contributed by atoms with Gasteiger partial charge in [-0.3, -0.25) is 0 Å². The molecule has 1 aliphatic rings. The first kappa shape index (κ1) is 14.1. The lowest BCUT2D eigenvalue weighted by Gasteiger charge is -2.27. The van der Waals surface area contributed by atoms with Crippen molar-refractivity contribution in [3.63, 3.8) is 0 Å². The summed E-state index contributed by atoms with van der Waals surface area (Å²) in [5.74, 6) is 0. The Morgan fingerprint density at radius 1 is 1.35 bits per heavy atom. The summed E-state index contributed by atoms with van der Waals surface area (Å²) in [5, 5.41) is 2.43. The second-order valence-electron chi connectivity index (χ2n) is 4.61. The number of alkyl carbamates (subject to hydrolysis) is 1.